The molecule has 1 atom stereocenters. The zero-order valence-corrected chi connectivity index (χ0v) is 14.4. The summed E-state index contributed by atoms with van der Waals surface area (Å²) in [4.78, 5) is 12.2. The Morgan fingerprint density at radius 2 is 1.91 bits per heavy atom. The fraction of sp³-hybridized carbons (Fsp3) is 0.471. The molecule has 0 fully saturated rings. The van der Waals surface area contributed by atoms with E-state index >= 15 is 0 Å². The summed E-state index contributed by atoms with van der Waals surface area (Å²) in [5, 5.41) is 2.92. The summed E-state index contributed by atoms with van der Waals surface area (Å²) >= 11 is 0. The molecule has 5 nitrogen and oxygen atoms in total. The second-order valence-corrected chi connectivity index (χ2v) is 7.19. The van der Waals surface area contributed by atoms with Gasteiger partial charge in [-0.1, -0.05) is 32.1 Å². The maximum Gasteiger partial charge on any atom is 0.251 e. The molecule has 0 saturated carbocycles. The van der Waals surface area contributed by atoms with Crippen LogP contribution in [-0.4, -0.2) is 26.9 Å². The van der Waals surface area contributed by atoms with Gasteiger partial charge in [-0.15, -0.1) is 6.42 Å². The lowest BCUT2D eigenvalue weighted by Gasteiger charge is -2.14. The van der Waals surface area contributed by atoms with Crippen LogP contribution in [0.1, 0.15) is 49.9 Å². The number of benzene rings is 1. The van der Waals surface area contributed by atoms with Gasteiger partial charge in [0.05, 0.1) is 11.4 Å². The predicted molar refractivity (Wildman–Crippen MR) is 91.5 cm³/mol. The highest BCUT2D eigenvalue weighted by molar-refractivity contribution is 7.89. The van der Waals surface area contributed by atoms with E-state index in [4.69, 9.17) is 6.42 Å². The third-order valence-electron chi connectivity index (χ3n) is 3.41. The molecule has 126 valence electrons. The van der Waals surface area contributed by atoms with Crippen LogP contribution in [0.2, 0.25) is 0 Å². The van der Waals surface area contributed by atoms with Crippen LogP contribution in [0.3, 0.4) is 0 Å². The normalized spacial score (nSPS) is 12.4. The fourth-order valence-corrected chi connectivity index (χ4v) is 3.02. The quantitative estimate of drug-likeness (QED) is 0.537. The Kier molecular flexibility index (Phi) is 7.79. The summed E-state index contributed by atoms with van der Waals surface area (Å²) in [5.41, 5.74) is 0.434. The van der Waals surface area contributed by atoms with Crippen LogP contribution in [0.25, 0.3) is 0 Å². The van der Waals surface area contributed by atoms with E-state index in [1.807, 2.05) is 6.92 Å². The van der Waals surface area contributed by atoms with Crippen molar-refractivity contribution >= 4 is 15.9 Å². The number of amides is 1. The van der Waals surface area contributed by atoms with Crippen molar-refractivity contribution in [3.63, 3.8) is 0 Å². The van der Waals surface area contributed by atoms with Gasteiger partial charge in [0, 0.05) is 11.6 Å². The molecule has 1 aromatic rings. The van der Waals surface area contributed by atoms with Crippen LogP contribution in [-0.2, 0) is 10.0 Å². The Morgan fingerprint density at radius 1 is 1.26 bits per heavy atom. The van der Waals surface area contributed by atoms with Gasteiger partial charge in [0.1, 0.15) is 0 Å². The minimum Gasteiger partial charge on any atom is -0.350 e. The molecule has 0 saturated heterocycles. The first-order chi connectivity index (χ1) is 10.9. The summed E-state index contributed by atoms with van der Waals surface area (Å²) in [6, 6.07) is 5.89. The molecule has 0 aliphatic rings. The Morgan fingerprint density at radius 3 is 2.48 bits per heavy atom. The van der Waals surface area contributed by atoms with Gasteiger partial charge in [-0.25, -0.2) is 8.42 Å². The average molecular weight is 336 g/mol. The Labute approximate surface area is 138 Å². The molecule has 1 aromatic carbocycles. The van der Waals surface area contributed by atoms with Crippen molar-refractivity contribution in [1.29, 1.82) is 0 Å². The van der Waals surface area contributed by atoms with E-state index < -0.39 is 10.0 Å². The fourth-order valence-electron chi connectivity index (χ4n) is 2.09. The highest BCUT2D eigenvalue weighted by Crippen LogP contribution is 2.11. The van der Waals surface area contributed by atoms with Crippen LogP contribution in [0.5, 0.6) is 0 Å². The van der Waals surface area contributed by atoms with E-state index in [0.717, 1.165) is 25.7 Å². The highest BCUT2D eigenvalue weighted by Gasteiger charge is 2.14. The lowest BCUT2D eigenvalue weighted by molar-refractivity contribution is 0.0938. The van der Waals surface area contributed by atoms with E-state index in [1.165, 1.54) is 24.3 Å². The molecule has 1 amide bonds. The largest absolute Gasteiger partial charge is 0.350 e. The van der Waals surface area contributed by atoms with Crippen molar-refractivity contribution in [1.82, 2.24) is 10.0 Å². The number of rotatable bonds is 9. The molecule has 0 aliphatic heterocycles. The molecule has 1 unspecified atom stereocenters. The number of hydrogen-bond acceptors (Lipinski definition) is 3. The number of unbranched alkanes of at least 4 members (excludes halogenated alkanes) is 2. The van der Waals surface area contributed by atoms with Gasteiger partial charge in [-0.3, -0.25) is 4.79 Å². The molecule has 6 heteroatoms. The third-order valence-corrected chi connectivity index (χ3v) is 4.83. The van der Waals surface area contributed by atoms with Gasteiger partial charge in [0.15, 0.2) is 0 Å². The number of nitrogens with one attached hydrogen (secondary N) is 2. The monoisotopic (exact) mass is 336 g/mol. The number of hydrogen-bond donors (Lipinski definition) is 2. The Hall–Kier alpha value is -1.84. The highest BCUT2D eigenvalue weighted by atomic mass is 32.2. The van der Waals surface area contributed by atoms with Gasteiger partial charge in [0.2, 0.25) is 10.0 Å². The molecule has 0 aromatic heterocycles. The first-order valence-corrected chi connectivity index (χ1v) is 9.23. The molecule has 2 N–H and O–H groups in total. The standard InChI is InChI=1S/C17H24N2O3S/c1-4-6-7-8-14(3)19-17(20)15-9-11-16(12-10-15)23(21,22)18-13-5-2/h2,9-12,14,18H,4,6-8,13H2,1,3H3,(H,19,20). The van der Waals surface area contributed by atoms with Crippen LogP contribution in [0, 0.1) is 12.3 Å². The zero-order chi connectivity index (χ0) is 17.3. The van der Waals surface area contributed by atoms with Crippen molar-refractivity contribution in [2.45, 2.75) is 50.5 Å². The molecule has 0 radical (unpaired) electrons. The van der Waals surface area contributed by atoms with E-state index in [-0.39, 0.29) is 23.4 Å². The van der Waals surface area contributed by atoms with Gasteiger partial charge >= 0.3 is 0 Å². The third kappa shape index (κ3) is 6.43. The predicted octanol–water partition coefficient (Wildman–Crippen LogP) is 2.30. The van der Waals surface area contributed by atoms with Gasteiger partial charge in [-0.05, 0) is 37.6 Å². The number of sulfonamides is 1. The second kappa shape index (κ2) is 9.33. The number of terminal acetylenes is 1. The molecule has 0 bridgehead atoms. The number of carbonyl (C=O) groups is 1. The first kappa shape index (κ1) is 19.2. The van der Waals surface area contributed by atoms with Crippen LogP contribution in [0.15, 0.2) is 29.2 Å². The first-order valence-electron chi connectivity index (χ1n) is 7.74. The number of carbonyl (C=O) groups excluding carboxylic acids is 1. The molecule has 23 heavy (non-hydrogen) atoms. The summed E-state index contributed by atoms with van der Waals surface area (Å²) in [6.45, 7) is 4.04. The zero-order valence-electron chi connectivity index (χ0n) is 13.6. The minimum atomic E-state index is -3.63. The molecular formula is C17H24N2O3S. The molecular weight excluding hydrogens is 312 g/mol. The summed E-state index contributed by atoms with van der Waals surface area (Å²) in [6.07, 6.45) is 9.34. The van der Waals surface area contributed by atoms with E-state index in [9.17, 15) is 13.2 Å². The van der Waals surface area contributed by atoms with Crippen molar-refractivity contribution in [2.75, 3.05) is 6.54 Å². The van der Waals surface area contributed by atoms with Crippen LogP contribution >= 0.6 is 0 Å². The van der Waals surface area contributed by atoms with Gasteiger partial charge in [-0.2, -0.15) is 4.72 Å². The second-order valence-electron chi connectivity index (χ2n) is 5.42. The van der Waals surface area contributed by atoms with Crippen molar-refractivity contribution < 1.29 is 13.2 Å². The average Bonchev–Trinajstić information content (AvgIpc) is 2.53. The Bertz CT molecular complexity index is 645. The van der Waals surface area contributed by atoms with Crippen LogP contribution < -0.4 is 10.0 Å². The van der Waals surface area contributed by atoms with Crippen molar-refractivity contribution in [2.24, 2.45) is 0 Å². The summed E-state index contributed by atoms with van der Waals surface area (Å²) in [7, 11) is -3.63. The molecule has 0 spiro atoms. The smallest absolute Gasteiger partial charge is 0.251 e. The lowest BCUT2D eigenvalue weighted by atomic mass is 10.1. The van der Waals surface area contributed by atoms with Gasteiger partial charge in [0.25, 0.3) is 5.91 Å². The van der Waals surface area contributed by atoms with Crippen molar-refractivity contribution in [3.8, 4) is 12.3 Å². The van der Waals surface area contributed by atoms with E-state index in [2.05, 4.69) is 22.9 Å². The van der Waals surface area contributed by atoms with Gasteiger partial charge < -0.3 is 5.32 Å². The lowest BCUT2D eigenvalue weighted by Crippen LogP contribution is -2.32. The molecule has 0 aliphatic carbocycles. The minimum absolute atomic E-state index is 0.0696. The topological polar surface area (TPSA) is 75.3 Å². The maximum atomic E-state index is 12.1. The van der Waals surface area contributed by atoms with Crippen LogP contribution in [0.4, 0.5) is 0 Å². The molecule has 0 heterocycles. The SMILES string of the molecule is C#CCNS(=O)(=O)c1ccc(C(=O)NC(C)CCCCC)cc1. The molecule has 1 rings (SSSR count). The van der Waals surface area contributed by atoms with E-state index in [0.29, 0.717) is 5.56 Å². The van der Waals surface area contributed by atoms with Crippen molar-refractivity contribution in [3.05, 3.63) is 29.8 Å². The Balaban J connectivity index is 2.66. The maximum absolute atomic E-state index is 12.1. The van der Waals surface area contributed by atoms with E-state index in [1.54, 1.807) is 0 Å². The summed E-state index contributed by atoms with van der Waals surface area (Å²) in [5.74, 6) is 2.01. The summed E-state index contributed by atoms with van der Waals surface area (Å²) < 4.78 is 26.0.